The van der Waals surface area contributed by atoms with Crippen LogP contribution in [0.1, 0.15) is 30.1 Å². The van der Waals surface area contributed by atoms with E-state index < -0.39 is 11.7 Å². The number of halogens is 1. The number of primary amides is 1. The summed E-state index contributed by atoms with van der Waals surface area (Å²) in [4.78, 5) is 16.1. The highest BCUT2D eigenvalue weighted by Gasteiger charge is 2.32. The number of nitrogens with zero attached hydrogens (tertiary/aromatic N) is 1. The molecule has 1 aliphatic carbocycles. The number of hydrogen-bond acceptors (Lipinski definition) is 7. The lowest BCUT2D eigenvalue weighted by atomic mass is 10.1. The first-order valence-electron chi connectivity index (χ1n) is 9.35. The van der Waals surface area contributed by atoms with Crippen molar-refractivity contribution in [3.05, 3.63) is 35.6 Å². The molecule has 1 aromatic heterocycles. The van der Waals surface area contributed by atoms with Crippen molar-refractivity contribution in [2.24, 2.45) is 17.4 Å². The molecule has 0 unspecified atom stereocenters. The van der Waals surface area contributed by atoms with Crippen LogP contribution in [-0.4, -0.2) is 37.2 Å². The quantitative estimate of drug-likeness (QED) is 0.507. The van der Waals surface area contributed by atoms with Crippen LogP contribution in [0.2, 0.25) is 0 Å². The second kappa shape index (κ2) is 8.52. The summed E-state index contributed by atoms with van der Waals surface area (Å²) in [5.41, 5.74) is 12.1. The fraction of sp³-hybridized carbons (Fsp3) is 0.400. The van der Waals surface area contributed by atoms with Gasteiger partial charge in [0.15, 0.2) is 11.6 Å². The summed E-state index contributed by atoms with van der Waals surface area (Å²) in [6.45, 7) is 1.88. The van der Waals surface area contributed by atoms with Gasteiger partial charge in [0.2, 0.25) is 0 Å². The molecule has 0 bridgehead atoms. The smallest absolute Gasteiger partial charge is 0.252 e. The van der Waals surface area contributed by atoms with Gasteiger partial charge in [-0.15, -0.1) is 0 Å². The van der Waals surface area contributed by atoms with Crippen LogP contribution in [0.25, 0.3) is 0 Å². The lowest BCUT2D eigenvalue weighted by Crippen LogP contribution is -2.40. The number of hydrogen-bond donors (Lipinski definition) is 4. The van der Waals surface area contributed by atoms with E-state index in [0.717, 1.165) is 18.9 Å². The minimum absolute atomic E-state index is 0.00374. The molecule has 0 saturated heterocycles. The predicted molar refractivity (Wildman–Crippen MR) is 109 cm³/mol. The third kappa shape index (κ3) is 4.86. The van der Waals surface area contributed by atoms with E-state index in [1.165, 1.54) is 14.2 Å². The van der Waals surface area contributed by atoms with E-state index in [1.807, 2.05) is 6.92 Å². The molecule has 156 valence electrons. The maximum Gasteiger partial charge on any atom is 0.252 e. The number of nitrogens with two attached hydrogens (primary N) is 2. The zero-order valence-electron chi connectivity index (χ0n) is 16.7. The maximum atomic E-state index is 14.6. The number of amides is 1. The molecular formula is C20H26FN5O3. The average molecular weight is 403 g/mol. The predicted octanol–water partition coefficient (Wildman–Crippen LogP) is 2.62. The van der Waals surface area contributed by atoms with E-state index in [1.54, 1.807) is 18.2 Å². The molecule has 2 aromatic rings. The van der Waals surface area contributed by atoms with E-state index in [-0.39, 0.29) is 29.3 Å². The van der Waals surface area contributed by atoms with Crippen molar-refractivity contribution >= 4 is 23.2 Å². The van der Waals surface area contributed by atoms with Gasteiger partial charge in [0.1, 0.15) is 17.3 Å². The van der Waals surface area contributed by atoms with Crippen molar-refractivity contribution in [1.29, 1.82) is 0 Å². The Bertz CT molecular complexity index is 882. The van der Waals surface area contributed by atoms with Crippen LogP contribution in [0.5, 0.6) is 11.5 Å². The Morgan fingerprint density at radius 2 is 1.79 bits per heavy atom. The zero-order valence-corrected chi connectivity index (χ0v) is 16.7. The van der Waals surface area contributed by atoms with Crippen molar-refractivity contribution in [3.8, 4) is 11.5 Å². The van der Waals surface area contributed by atoms with E-state index >= 15 is 0 Å². The van der Waals surface area contributed by atoms with Crippen molar-refractivity contribution < 1.29 is 18.7 Å². The lowest BCUT2D eigenvalue weighted by Gasteiger charge is -2.22. The number of carbonyl (C=O) groups excluding carboxylic acids is 1. The molecule has 3 rings (SSSR count). The van der Waals surface area contributed by atoms with Gasteiger partial charge < -0.3 is 31.6 Å². The second-order valence-electron chi connectivity index (χ2n) is 7.15. The number of aromatic nitrogens is 1. The molecule has 1 fully saturated rings. The first-order valence-corrected chi connectivity index (χ1v) is 9.35. The monoisotopic (exact) mass is 403 g/mol. The van der Waals surface area contributed by atoms with Gasteiger partial charge >= 0.3 is 0 Å². The van der Waals surface area contributed by atoms with Crippen LogP contribution < -0.4 is 31.6 Å². The Morgan fingerprint density at radius 3 is 2.31 bits per heavy atom. The maximum absolute atomic E-state index is 14.6. The Labute approximate surface area is 168 Å². The van der Waals surface area contributed by atoms with Gasteiger partial charge in [-0.05, 0) is 31.7 Å². The molecule has 8 nitrogen and oxygen atoms in total. The van der Waals surface area contributed by atoms with Crippen LogP contribution in [0, 0.1) is 11.7 Å². The van der Waals surface area contributed by atoms with Gasteiger partial charge in [0, 0.05) is 36.0 Å². The Kier molecular flexibility index (Phi) is 6.07. The summed E-state index contributed by atoms with van der Waals surface area (Å²) in [6.07, 6.45) is 2.16. The number of methoxy groups -OCH3 is 2. The molecule has 2 atom stereocenters. The van der Waals surface area contributed by atoms with E-state index in [2.05, 4.69) is 15.6 Å². The number of anilines is 3. The fourth-order valence-corrected chi connectivity index (χ4v) is 3.09. The van der Waals surface area contributed by atoms with Crippen LogP contribution in [0.15, 0.2) is 24.3 Å². The van der Waals surface area contributed by atoms with Gasteiger partial charge in [-0.25, -0.2) is 9.37 Å². The van der Waals surface area contributed by atoms with Crippen LogP contribution in [-0.2, 0) is 0 Å². The van der Waals surface area contributed by atoms with Crippen molar-refractivity contribution in [2.75, 3.05) is 24.9 Å². The molecule has 6 N–H and O–H groups in total. The number of rotatable bonds is 9. The summed E-state index contributed by atoms with van der Waals surface area (Å²) >= 11 is 0. The van der Waals surface area contributed by atoms with Crippen LogP contribution in [0.4, 0.5) is 21.7 Å². The highest BCUT2D eigenvalue weighted by atomic mass is 19.1. The van der Waals surface area contributed by atoms with Crippen molar-refractivity contribution in [3.63, 3.8) is 0 Å². The normalized spacial score (nSPS) is 15.3. The largest absolute Gasteiger partial charge is 0.497 e. The van der Waals surface area contributed by atoms with E-state index in [0.29, 0.717) is 23.1 Å². The molecule has 0 radical (unpaired) electrons. The highest BCUT2D eigenvalue weighted by molar-refractivity contribution is 5.98. The van der Waals surface area contributed by atoms with Gasteiger partial charge in [-0.2, -0.15) is 0 Å². The Balaban J connectivity index is 1.92. The highest BCUT2D eigenvalue weighted by Crippen LogP contribution is 2.34. The minimum atomic E-state index is -0.803. The number of nitrogens with one attached hydrogen (secondary N) is 2. The first-order chi connectivity index (χ1) is 13.8. The molecule has 1 aliphatic rings. The molecule has 0 aliphatic heterocycles. The molecule has 1 saturated carbocycles. The molecule has 1 heterocycles. The zero-order chi connectivity index (χ0) is 21.1. The van der Waals surface area contributed by atoms with Crippen molar-refractivity contribution in [2.45, 2.75) is 31.8 Å². The first kappa shape index (κ1) is 20.7. The SMILES string of the molecule is COc1cc(Nc2nc(N[C@H](C)[C@H](N)C3CC3)c(F)cc2C(N)=O)cc(OC)c1. The molecule has 1 amide bonds. The lowest BCUT2D eigenvalue weighted by molar-refractivity contribution is 0.100. The Hall–Kier alpha value is -3.07. The van der Waals surface area contributed by atoms with Crippen molar-refractivity contribution in [1.82, 2.24) is 4.98 Å². The topological polar surface area (TPSA) is 125 Å². The summed E-state index contributed by atoms with van der Waals surface area (Å²) in [5.74, 6) is 0.145. The van der Waals surface area contributed by atoms with Gasteiger partial charge in [-0.1, -0.05) is 0 Å². The number of benzene rings is 1. The summed E-state index contributed by atoms with van der Waals surface area (Å²) < 4.78 is 25.1. The number of pyridine rings is 1. The molecular weight excluding hydrogens is 377 g/mol. The number of ether oxygens (including phenoxy) is 2. The minimum Gasteiger partial charge on any atom is -0.497 e. The van der Waals surface area contributed by atoms with Crippen LogP contribution in [0.3, 0.4) is 0 Å². The Morgan fingerprint density at radius 1 is 1.17 bits per heavy atom. The van der Waals surface area contributed by atoms with Crippen LogP contribution >= 0.6 is 0 Å². The third-order valence-corrected chi connectivity index (χ3v) is 4.96. The molecule has 29 heavy (non-hydrogen) atoms. The fourth-order valence-electron chi connectivity index (χ4n) is 3.09. The molecule has 0 spiro atoms. The third-order valence-electron chi connectivity index (χ3n) is 4.96. The molecule has 1 aromatic carbocycles. The second-order valence-corrected chi connectivity index (χ2v) is 7.15. The van der Waals surface area contributed by atoms with E-state index in [4.69, 9.17) is 20.9 Å². The summed E-state index contributed by atoms with van der Waals surface area (Å²) in [7, 11) is 3.05. The molecule has 9 heteroatoms. The van der Waals surface area contributed by atoms with Gasteiger partial charge in [0.25, 0.3) is 5.91 Å². The average Bonchev–Trinajstić information content (AvgIpc) is 3.54. The van der Waals surface area contributed by atoms with Gasteiger partial charge in [0.05, 0.1) is 19.8 Å². The number of carbonyl (C=O) groups is 1. The van der Waals surface area contributed by atoms with E-state index in [9.17, 15) is 9.18 Å². The summed E-state index contributed by atoms with van der Waals surface area (Å²) in [5, 5.41) is 6.01. The summed E-state index contributed by atoms with van der Waals surface area (Å²) in [6, 6.07) is 5.85. The standard InChI is InChI=1S/C20H26FN5O3/c1-10(17(22)11-4-5-11)24-20-16(21)9-15(18(23)27)19(26-20)25-12-6-13(28-2)8-14(7-12)29-3/h6-11,17H,4-5,22H2,1-3H3,(H2,23,27)(H2,24,25,26)/t10-,17+/m1/s1. The van der Waals surface area contributed by atoms with Gasteiger partial charge in [-0.3, -0.25) is 4.79 Å².